The molecule has 2 heterocycles. The number of Topliss-reactive ketones (excluding diaryl/α,β-unsaturated/α-hetero) is 1. The number of rotatable bonds is 6. The van der Waals surface area contributed by atoms with Crippen LogP contribution in [0.2, 0.25) is 0 Å². The molecule has 1 aromatic carbocycles. The molecule has 3 rings (SSSR count). The van der Waals surface area contributed by atoms with Crippen molar-refractivity contribution in [3.63, 3.8) is 0 Å². The molecule has 0 spiro atoms. The minimum atomic E-state index is -3.71. The van der Waals surface area contributed by atoms with Crippen molar-refractivity contribution in [2.75, 3.05) is 13.1 Å². The molecular weight excluding hydrogens is 384 g/mol. The average Bonchev–Trinajstić information content (AvgIpc) is 3.11. The number of hydrogen-bond acceptors (Lipinski definition) is 7. The Morgan fingerprint density at radius 3 is 2.57 bits per heavy atom. The van der Waals surface area contributed by atoms with Gasteiger partial charge in [0, 0.05) is 24.7 Å². The summed E-state index contributed by atoms with van der Waals surface area (Å²) in [5.41, 5.74) is 0.888. The Bertz CT molecular complexity index is 974. The topological polar surface area (TPSA) is 107 Å². The molecule has 0 atom stereocenters. The average molecular weight is 406 g/mol. The van der Waals surface area contributed by atoms with Gasteiger partial charge in [0.15, 0.2) is 5.78 Å². The molecule has 0 unspecified atom stereocenters. The fraction of sp³-hybridized carbons (Fsp3) is 0.421. The van der Waals surface area contributed by atoms with Gasteiger partial charge in [0.25, 0.3) is 0 Å². The number of carbonyl (C=O) groups is 2. The lowest BCUT2D eigenvalue weighted by Gasteiger charge is -2.30. The third kappa shape index (κ3) is 4.48. The van der Waals surface area contributed by atoms with Crippen molar-refractivity contribution >= 4 is 21.8 Å². The number of nitrogens with zero attached hydrogens (tertiary/aromatic N) is 2. The quantitative estimate of drug-likeness (QED) is 0.535. The van der Waals surface area contributed by atoms with Gasteiger partial charge in [-0.3, -0.25) is 9.59 Å². The van der Waals surface area contributed by atoms with E-state index in [4.69, 9.17) is 9.26 Å². The van der Waals surface area contributed by atoms with Gasteiger partial charge >= 0.3 is 5.97 Å². The predicted octanol–water partition coefficient (Wildman–Crippen LogP) is 2.33. The summed E-state index contributed by atoms with van der Waals surface area (Å²) >= 11 is 0. The van der Waals surface area contributed by atoms with Crippen LogP contribution in [-0.4, -0.2) is 42.7 Å². The van der Waals surface area contributed by atoms with Gasteiger partial charge in [-0.2, -0.15) is 4.31 Å². The van der Waals surface area contributed by atoms with Crippen LogP contribution in [0.1, 0.15) is 41.6 Å². The monoisotopic (exact) mass is 406 g/mol. The molecule has 0 bridgehead atoms. The summed E-state index contributed by atoms with van der Waals surface area (Å²) < 4.78 is 37.2. The molecule has 9 heteroatoms. The molecule has 2 aromatic rings. The highest BCUT2D eigenvalue weighted by Crippen LogP contribution is 2.25. The van der Waals surface area contributed by atoms with Gasteiger partial charge in [-0.1, -0.05) is 17.3 Å². The van der Waals surface area contributed by atoms with Crippen LogP contribution in [-0.2, 0) is 26.2 Å². The molecule has 8 nitrogen and oxygen atoms in total. The van der Waals surface area contributed by atoms with Crippen molar-refractivity contribution < 1.29 is 27.3 Å². The summed E-state index contributed by atoms with van der Waals surface area (Å²) in [6.45, 7) is 3.61. The molecule has 1 fully saturated rings. The largest absolute Gasteiger partial charge is 0.459 e. The second kappa shape index (κ2) is 8.24. The fourth-order valence-corrected chi connectivity index (χ4v) is 4.62. The molecule has 1 aliphatic rings. The van der Waals surface area contributed by atoms with Crippen LogP contribution < -0.4 is 0 Å². The van der Waals surface area contributed by atoms with E-state index >= 15 is 0 Å². The normalized spacial score (nSPS) is 16.1. The predicted molar refractivity (Wildman–Crippen MR) is 99.0 cm³/mol. The maximum Gasteiger partial charge on any atom is 0.309 e. The maximum absolute atomic E-state index is 12.8. The van der Waals surface area contributed by atoms with Gasteiger partial charge in [-0.05, 0) is 38.8 Å². The summed E-state index contributed by atoms with van der Waals surface area (Å²) in [4.78, 5) is 23.8. The van der Waals surface area contributed by atoms with Crippen molar-refractivity contribution in [1.82, 2.24) is 9.46 Å². The molecule has 1 saturated heterocycles. The number of ether oxygens (including phenoxy) is 1. The number of carbonyl (C=O) groups excluding carboxylic acids is 2. The van der Waals surface area contributed by atoms with Gasteiger partial charge in [0.1, 0.15) is 18.1 Å². The molecule has 0 N–H and O–H groups in total. The van der Waals surface area contributed by atoms with Crippen LogP contribution in [0.25, 0.3) is 0 Å². The van der Waals surface area contributed by atoms with Crippen LogP contribution in [0, 0.1) is 12.8 Å². The van der Waals surface area contributed by atoms with Gasteiger partial charge in [0.2, 0.25) is 10.0 Å². The highest BCUT2D eigenvalue weighted by molar-refractivity contribution is 7.89. The molecule has 150 valence electrons. The van der Waals surface area contributed by atoms with E-state index in [0.29, 0.717) is 29.9 Å². The number of hydrogen-bond donors (Lipinski definition) is 0. The molecule has 28 heavy (non-hydrogen) atoms. The van der Waals surface area contributed by atoms with Crippen molar-refractivity contribution in [2.24, 2.45) is 5.92 Å². The SMILES string of the molecule is CC(=O)c1cccc(S(=O)(=O)N2CCC(C(=O)OCc3cc(C)on3)CC2)c1. The second-order valence-corrected chi connectivity index (χ2v) is 8.74. The van der Waals surface area contributed by atoms with E-state index in [1.165, 1.54) is 23.4 Å². The van der Waals surface area contributed by atoms with Gasteiger partial charge in [-0.25, -0.2) is 8.42 Å². The lowest BCUT2D eigenvalue weighted by molar-refractivity contribution is -0.151. The molecular formula is C19H22N2O6S. The van der Waals surface area contributed by atoms with E-state index in [-0.39, 0.29) is 42.3 Å². The Hall–Kier alpha value is -2.52. The van der Waals surface area contributed by atoms with Crippen LogP contribution in [0.3, 0.4) is 0 Å². The number of esters is 1. The van der Waals surface area contributed by atoms with Gasteiger partial charge in [0.05, 0.1) is 10.8 Å². The van der Waals surface area contributed by atoms with E-state index in [2.05, 4.69) is 5.16 Å². The lowest BCUT2D eigenvalue weighted by atomic mass is 9.98. The summed E-state index contributed by atoms with van der Waals surface area (Å²) in [7, 11) is -3.71. The van der Waals surface area contributed by atoms with Crippen LogP contribution in [0.5, 0.6) is 0 Å². The Kier molecular flexibility index (Phi) is 5.95. The van der Waals surface area contributed by atoms with Crippen molar-refractivity contribution in [3.8, 4) is 0 Å². The Morgan fingerprint density at radius 1 is 1.25 bits per heavy atom. The third-order valence-corrected chi connectivity index (χ3v) is 6.60. The number of ketones is 1. The first kappa shape index (κ1) is 20.2. The molecule has 0 radical (unpaired) electrons. The number of piperidine rings is 1. The first-order valence-electron chi connectivity index (χ1n) is 8.97. The minimum Gasteiger partial charge on any atom is -0.459 e. The van der Waals surface area contributed by atoms with E-state index in [1.807, 2.05) is 0 Å². The molecule has 0 saturated carbocycles. The zero-order valence-corrected chi connectivity index (χ0v) is 16.6. The highest BCUT2D eigenvalue weighted by Gasteiger charge is 2.33. The van der Waals surface area contributed by atoms with E-state index in [9.17, 15) is 18.0 Å². The Morgan fingerprint density at radius 2 is 1.96 bits per heavy atom. The molecule has 0 aliphatic carbocycles. The zero-order valence-electron chi connectivity index (χ0n) is 15.8. The first-order valence-corrected chi connectivity index (χ1v) is 10.4. The van der Waals surface area contributed by atoms with E-state index in [1.54, 1.807) is 25.1 Å². The fourth-order valence-electron chi connectivity index (χ4n) is 3.11. The van der Waals surface area contributed by atoms with E-state index in [0.717, 1.165) is 0 Å². The highest BCUT2D eigenvalue weighted by atomic mass is 32.2. The molecule has 1 aliphatic heterocycles. The van der Waals surface area contributed by atoms with Crippen LogP contribution in [0.4, 0.5) is 0 Å². The van der Waals surface area contributed by atoms with Crippen LogP contribution >= 0.6 is 0 Å². The van der Waals surface area contributed by atoms with Crippen molar-refractivity contribution in [1.29, 1.82) is 0 Å². The van der Waals surface area contributed by atoms with Crippen molar-refractivity contribution in [2.45, 2.75) is 38.2 Å². The summed E-state index contributed by atoms with van der Waals surface area (Å²) in [6.07, 6.45) is 0.755. The van der Waals surface area contributed by atoms with Crippen molar-refractivity contribution in [3.05, 3.63) is 47.3 Å². The summed E-state index contributed by atoms with van der Waals surface area (Å²) in [6, 6.07) is 7.69. The minimum absolute atomic E-state index is 0.0343. The molecule has 1 aromatic heterocycles. The Balaban J connectivity index is 1.58. The third-order valence-electron chi connectivity index (χ3n) is 4.70. The lowest BCUT2D eigenvalue weighted by Crippen LogP contribution is -2.40. The maximum atomic E-state index is 12.8. The van der Waals surface area contributed by atoms with Gasteiger partial charge in [-0.15, -0.1) is 0 Å². The zero-order chi connectivity index (χ0) is 20.3. The van der Waals surface area contributed by atoms with E-state index < -0.39 is 10.0 Å². The number of aromatic nitrogens is 1. The number of sulfonamides is 1. The summed E-state index contributed by atoms with van der Waals surface area (Å²) in [5.74, 6) is -0.279. The standard InChI is InChI=1S/C19H22N2O6S/c1-13-10-17(20-27-13)12-26-19(23)15-6-8-21(9-7-15)28(24,25)18-5-3-4-16(11-18)14(2)22/h3-5,10-11,15H,6-9,12H2,1-2H3. The molecule has 0 amide bonds. The number of benzene rings is 1. The summed E-state index contributed by atoms with van der Waals surface area (Å²) in [5, 5.41) is 3.77. The smallest absolute Gasteiger partial charge is 0.309 e. The Labute approximate surface area is 163 Å². The first-order chi connectivity index (χ1) is 13.3. The van der Waals surface area contributed by atoms with Crippen LogP contribution in [0.15, 0.2) is 39.8 Å². The second-order valence-electron chi connectivity index (χ2n) is 6.80. The number of aryl methyl sites for hydroxylation is 1. The van der Waals surface area contributed by atoms with Gasteiger partial charge < -0.3 is 9.26 Å².